The number of ether oxygens (including phenoxy) is 1. The van der Waals surface area contributed by atoms with E-state index in [0.29, 0.717) is 39.4 Å². The number of pyridine rings is 1. The van der Waals surface area contributed by atoms with Gasteiger partial charge in [-0.15, -0.1) is 0 Å². The second-order valence-electron chi connectivity index (χ2n) is 7.20. The van der Waals surface area contributed by atoms with E-state index in [1.165, 1.54) is 6.07 Å². The fourth-order valence-electron chi connectivity index (χ4n) is 3.45. The van der Waals surface area contributed by atoms with Crippen molar-refractivity contribution in [3.05, 3.63) is 77.3 Å². The lowest BCUT2D eigenvalue weighted by Gasteiger charge is -2.16. The second-order valence-corrected chi connectivity index (χ2v) is 9.48. The van der Waals surface area contributed by atoms with E-state index in [0.717, 1.165) is 10.3 Å². The minimum absolute atomic E-state index is 0.0246. The van der Waals surface area contributed by atoms with Gasteiger partial charge in [0.2, 0.25) is 0 Å². The minimum atomic E-state index is -3.44. The van der Waals surface area contributed by atoms with Crippen LogP contribution < -0.4 is 9.47 Å². The number of hydrogen-bond donors (Lipinski definition) is 2. The molecule has 4 aromatic rings. The summed E-state index contributed by atoms with van der Waals surface area (Å²) >= 11 is 0. The number of aromatic amines is 1. The molecule has 0 radical (unpaired) electrons. The molecule has 2 N–H and O–H groups in total. The van der Waals surface area contributed by atoms with Crippen LogP contribution in [0.25, 0.3) is 22.2 Å². The predicted molar refractivity (Wildman–Crippen MR) is 118 cm³/mol. The van der Waals surface area contributed by atoms with Gasteiger partial charge in [-0.05, 0) is 55.0 Å². The molecule has 2 heterocycles. The molecule has 8 heteroatoms. The molecule has 0 aliphatic carbocycles. The van der Waals surface area contributed by atoms with E-state index in [9.17, 15) is 18.7 Å². The SMILES string of the molecule is CCS(=O)(=O)c1ccc(Oc2ccc(CO)cc2)c(-c2cc(C)[n+]([O-])c3[nH]ccc23)c1. The largest absolute Gasteiger partial charge is 0.710 e. The summed E-state index contributed by atoms with van der Waals surface area (Å²) < 4.78 is 32.0. The van der Waals surface area contributed by atoms with E-state index in [1.807, 2.05) is 0 Å². The number of fused-ring (bicyclic) bond motifs is 1. The highest BCUT2D eigenvalue weighted by Crippen LogP contribution is 2.38. The van der Waals surface area contributed by atoms with Crippen LogP contribution in [0.4, 0.5) is 0 Å². The minimum Gasteiger partial charge on any atom is -0.710 e. The topological polar surface area (TPSA) is 106 Å². The smallest absolute Gasteiger partial charge is 0.290 e. The van der Waals surface area contributed by atoms with Crippen molar-refractivity contribution in [2.45, 2.75) is 25.3 Å². The third-order valence-electron chi connectivity index (χ3n) is 5.21. The molecule has 0 bridgehead atoms. The molecule has 4 rings (SSSR count). The third kappa shape index (κ3) is 3.87. The number of aliphatic hydroxyl groups excluding tert-OH is 1. The Morgan fingerprint density at radius 1 is 1.06 bits per heavy atom. The summed E-state index contributed by atoms with van der Waals surface area (Å²) in [6.45, 7) is 3.22. The van der Waals surface area contributed by atoms with Gasteiger partial charge in [0.05, 0.1) is 28.8 Å². The van der Waals surface area contributed by atoms with Crippen LogP contribution in [-0.4, -0.2) is 24.3 Å². The van der Waals surface area contributed by atoms with Crippen LogP contribution in [0.3, 0.4) is 0 Å². The Hall–Kier alpha value is -3.36. The zero-order chi connectivity index (χ0) is 22.2. The van der Waals surface area contributed by atoms with E-state index in [-0.39, 0.29) is 17.3 Å². The van der Waals surface area contributed by atoms with Gasteiger partial charge in [0.25, 0.3) is 5.65 Å². The third-order valence-corrected chi connectivity index (χ3v) is 6.94. The van der Waals surface area contributed by atoms with Crippen LogP contribution >= 0.6 is 0 Å². The number of sulfone groups is 1. The highest BCUT2D eigenvalue weighted by molar-refractivity contribution is 7.91. The van der Waals surface area contributed by atoms with E-state index in [4.69, 9.17) is 4.74 Å². The van der Waals surface area contributed by atoms with Gasteiger partial charge in [0, 0.05) is 11.1 Å². The molecular formula is C23H22N2O5S. The summed E-state index contributed by atoms with van der Waals surface area (Å²) in [6, 6.07) is 15.2. The molecular weight excluding hydrogens is 416 g/mol. The number of benzene rings is 2. The van der Waals surface area contributed by atoms with E-state index in [2.05, 4.69) is 4.98 Å². The van der Waals surface area contributed by atoms with E-state index >= 15 is 0 Å². The zero-order valence-electron chi connectivity index (χ0n) is 17.1. The standard InChI is InChI=1S/C23H22N2O5S/c1-3-31(28,29)18-8-9-22(30-17-6-4-16(14-26)5-7-17)21(13-18)20-12-15(2)25(27)23-19(20)10-11-24-23/h4-13,24,26H,3,14H2,1-2H3. The summed E-state index contributed by atoms with van der Waals surface area (Å²) in [5, 5.41) is 22.3. The van der Waals surface area contributed by atoms with Crippen molar-refractivity contribution in [1.29, 1.82) is 0 Å². The lowest BCUT2D eigenvalue weighted by atomic mass is 10.0. The Labute approximate surface area is 180 Å². The van der Waals surface area contributed by atoms with Gasteiger partial charge in [-0.1, -0.05) is 19.1 Å². The molecule has 160 valence electrons. The Kier molecular flexibility index (Phi) is 5.43. The van der Waals surface area contributed by atoms with Gasteiger partial charge < -0.3 is 15.1 Å². The number of aliphatic hydroxyl groups is 1. The van der Waals surface area contributed by atoms with Crippen molar-refractivity contribution in [3.63, 3.8) is 0 Å². The van der Waals surface area contributed by atoms with Crippen molar-refractivity contribution >= 4 is 20.9 Å². The van der Waals surface area contributed by atoms with Crippen molar-refractivity contribution in [1.82, 2.24) is 4.98 Å². The van der Waals surface area contributed by atoms with Crippen LogP contribution in [0.1, 0.15) is 18.2 Å². The molecule has 0 aliphatic heterocycles. The van der Waals surface area contributed by atoms with Crippen LogP contribution in [0.2, 0.25) is 0 Å². The highest BCUT2D eigenvalue weighted by Gasteiger charge is 2.20. The molecule has 0 aliphatic rings. The van der Waals surface area contributed by atoms with Crippen LogP contribution in [-0.2, 0) is 16.4 Å². The maximum Gasteiger partial charge on any atom is 0.290 e. The molecule has 2 aromatic carbocycles. The number of nitrogens with zero attached hydrogens (tertiary/aromatic N) is 1. The summed E-state index contributed by atoms with van der Waals surface area (Å²) in [6.07, 6.45) is 1.67. The molecule has 0 saturated heterocycles. The Bertz CT molecular complexity index is 1360. The number of nitrogens with one attached hydrogen (secondary N) is 1. The quantitative estimate of drug-likeness (QED) is 0.351. The summed E-state index contributed by atoms with van der Waals surface area (Å²) in [5.74, 6) is 0.974. The maximum absolute atomic E-state index is 12.5. The normalized spacial score (nSPS) is 11.7. The number of H-pyrrole nitrogens is 1. The van der Waals surface area contributed by atoms with Crippen molar-refractivity contribution in [2.24, 2.45) is 0 Å². The summed E-state index contributed by atoms with van der Waals surface area (Å²) in [7, 11) is -3.44. The molecule has 7 nitrogen and oxygen atoms in total. The van der Waals surface area contributed by atoms with Gasteiger partial charge in [0.1, 0.15) is 17.2 Å². The Morgan fingerprint density at radius 2 is 1.81 bits per heavy atom. The summed E-state index contributed by atoms with van der Waals surface area (Å²) in [5.41, 5.74) is 2.86. The Balaban J connectivity index is 1.93. The Morgan fingerprint density at radius 3 is 2.48 bits per heavy atom. The lowest BCUT2D eigenvalue weighted by Crippen LogP contribution is -2.31. The van der Waals surface area contributed by atoms with Gasteiger partial charge >= 0.3 is 0 Å². The first-order valence-electron chi connectivity index (χ1n) is 9.79. The lowest BCUT2D eigenvalue weighted by molar-refractivity contribution is -0.586. The average molecular weight is 439 g/mol. The molecule has 2 aromatic heterocycles. The van der Waals surface area contributed by atoms with Crippen LogP contribution in [0.5, 0.6) is 11.5 Å². The molecule has 0 atom stereocenters. The number of hydrogen-bond acceptors (Lipinski definition) is 5. The van der Waals surface area contributed by atoms with E-state index < -0.39 is 9.84 Å². The fraction of sp³-hybridized carbons (Fsp3) is 0.174. The first-order chi connectivity index (χ1) is 14.8. The summed E-state index contributed by atoms with van der Waals surface area (Å²) in [4.78, 5) is 3.13. The average Bonchev–Trinajstić information content (AvgIpc) is 3.27. The number of rotatable bonds is 6. The zero-order valence-corrected chi connectivity index (χ0v) is 17.9. The van der Waals surface area contributed by atoms with Crippen molar-refractivity contribution in [2.75, 3.05) is 5.75 Å². The highest BCUT2D eigenvalue weighted by atomic mass is 32.2. The monoisotopic (exact) mass is 438 g/mol. The van der Waals surface area contributed by atoms with E-state index in [1.54, 1.807) is 68.6 Å². The predicted octanol–water partition coefficient (Wildman–Crippen LogP) is 3.85. The van der Waals surface area contributed by atoms with Gasteiger partial charge in [-0.2, -0.15) is 0 Å². The molecule has 0 spiro atoms. The van der Waals surface area contributed by atoms with Crippen LogP contribution in [0, 0.1) is 12.1 Å². The van der Waals surface area contributed by atoms with Gasteiger partial charge in [-0.25, -0.2) is 18.1 Å². The first-order valence-corrected chi connectivity index (χ1v) is 11.4. The van der Waals surface area contributed by atoms with Gasteiger partial charge in [-0.3, -0.25) is 0 Å². The van der Waals surface area contributed by atoms with Crippen LogP contribution in [0.15, 0.2) is 65.7 Å². The number of aryl methyl sites for hydroxylation is 1. The second kappa shape index (κ2) is 8.05. The molecule has 0 amide bonds. The first kappa shape index (κ1) is 20.9. The number of aromatic nitrogens is 2. The van der Waals surface area contributed by atoms with Crippen molar-refractivity contribution < 1.29 is 23.0 Å². The molecule has 0 unspecified atom stereocenters. The van der Waals surface area contributed by atoms with Crippen molar-refractivity contribution in [3.8, 4) is 22.6 Å². The molecule has 31 heavy (non-hydrogen) atoms. The van der Waals surface area contributed by atoms with Gasteiger partial charge in [0.15, 0.2) is 9.84 Å². The fourth-order valence-corrected chi connectivity index (χ4v) is 4.36. The molecule has 0 fully saturated rings. The molecule has 0 saturated carbocycles. The maximum atomic E-state index is 12.5.